The second kappa shape index (κ2) is 9.74. The fourth-order valence-electron chi connectivity index (χ4n) is 2.81. The molecule has 1 saturated heterocycles. The van der Waals surface area contributed by atoms with Crippen molar-refractivity contribution in [3.63, 3.8) is 0 Å². The highest BCUT2D eigenvalue weighted by Gasteiger charge is 2.56. The van der Waals surface area contributed by atoms with E-state index < -0.39 is 54.3 Å². The summed E-state index contributed by atoms with van der Waals surface area (Å²) < 4.78 is 25.1. The Morgan fingerprint density at radius 1 is 0.704 bits per heavy atom. The minimum atomic E-state index is -1.16. The summed E-state index contributed by atoms with van der Waals surface area (Å²) in [5.41, 5.74) is 0. The molecule has 1 amide bonds. The number of esters is 4. The number of ether oxygens (including phenoxy) is 5. The van der Waals surface area contributed by atoms with E-state index in [2.05, 4.69) is 0 Å². The molecule has 152 valence electrons. The lowest BCUT2D eigenvalue weighted by Crippen LogP contribution is -2.48. The number of amides is 1. The van der Waals surface area contributed by atoms with Gasteiger partial charge >= 0.3 is 30.0 Å². The number of hydrogen-bond donors (Lipinski definition) is 0. The van der Waals surface area contributed by atoms with E-state index in [9.17, 15) is 24.0 Å². The summed E-state index contributed by atoms with van der Waals surface area (Å²) in [6, 6.07) is -2.04. The van der Waals surface area contributed by atoms with Gasteiger partial charge < -0.3 is 23.7 Å². The molecule has 1 heterocycles. The van der Waals surface area contributed by atoms with Crippen LogP contribution in [0.5, 0.6) is 0 Å². The Morgan fingerprint density at radius 2 is 1.07 bits per heavy atom. The van der Waals surface area contributed by atoms with E-state index in [4.69, 9.17) is 23.7 Å². The van der Waals surface area contributed by atoms with Crippen molar-refractivity contribution >= 4 is 30.0 Å². The van der Waals surface area contributed by atoms with Gasteiger partial charge in [0.1, 0.15) is 25.3 Å². The number of rotatable bonds is 6. The molecule has 1 fully saturated rings. The third-order valence-electron chi connectivity index (χ3n) is 3.70. The van der Waals surface area contributed by atoms with Crippen molar-refractivity contribution in [1.29, 1.82) is 0 Å². The summed E-state index contributed by atoms with van der Waals surface area (Å²) >= 11 is 0. The molecule has 0 aromatic carbocycles. The van der Waals surface area contributed by atoms with Gasteiger partial charge in [-0.1, -0.05) is 0 Å². The minimum Gasteiger partial charge on any atom is -0.464 e. The summed E-state index contributed by atoms with van der Waals surface area (Å²) in [5.74, 6) is -2.67. The Kier molecular flexibility index (Phi) is 8.00. The Balaban J connectivity index is 3.33. The molecule has 0 radical (unpaired) electrons. The fraction of sp³-hybridized carbons (Fsp3) is 0.688. The molecule has 11 heteroatoms. The van der Waals surface area contributed by atoms with Crippen LogP contribution in [-0.4, -0.2) is 79.5 Å². The second-order valence-electron chi connectivity index (χ2n) is 5.77. The maximum Gasteiger partial charge on any atom is 0.410 e. The summed E-state index contributed by atoms with van der Waals surface area (Å²) in [6.45, 7) is 3.90. The summed E-state index contributed by atoms with van der Waals surface area (Å²) in [6.07, 6.45) is -3.19. The van der Waals surface area contributed by atoms with Crippen LogP contribution < -0.4 is 0 Å². The van der Waals surface area contributed by atoms with Gasteiger partial charge in [0.25, 0.3) is 0 Å². The van der Waals surface area contributed by atoms with Crippen molar-refractivity contribution < 1.29 is 47.7 Å². The average molecular weight is 389 g/mol. The summed E-state index contributed by atoms with van der Waals surface area (Å²) in [4.78, 5) is 58.9. The summed E-state index contributed by atoms with van der Waals surface area (Å²) in [5, 5.41) is 0. The fourth-order valence-corrected chi connectivity index (χ4v) is 2.81. The van der Waals surface area contributed by atoms with Crippen LogP contribution >= 0.6 is 0 Å². The zero-order chi connectivity index (χ0) is 20.7. The van der Waals surface area contributed by atoms with Crippen molar-refractivity contribution in [2.45, 2.75) is 52.0 Å². The highest BCUT2D eigenvalue weighted by Crippen LogP contribution is 2.32. The van der Waals surface area contributed by atoms with Gasteiger partial charge in [0, 0.05) is 27.7 Å². The van der Waals surface area contributed by atoms with Gasteiger partial charge in [0.2, 0.25) is 0 Å². The molecule has 0 aromatic rings. The van der Waals surface area contributed by atoms with Gasteiger partial charge in [-0.15, -0.1) is 0 Å². The molecule has 1 aliphatic rings. The Morgan fingerprint density at radius 3 is 1.33 bits per heavy atom. The Bertz CT molecular complexity index is 560. The van der Waals surface area contributed by atoms with Crippen LogP contribution in [0, 0.1) is 0 Å². The van der Waals surface area contributed by atoms with Gasteiger partial charge in [-0.3, -0.25) is 24.1 Å². The Labute approximate surface area is 155 Å². The molecule has 0 bridgehead atoms. The predicted octanol–water partition coefficient (Wildman–Crippen LogP) is -0.205. The largest absolute Gasteiger partial charge is 0.464 e. The van der Waals surface area contributed by atoms with Crippen molar-refractivity contribution in [2.24, 2.45) is 0 Å². The molecule has 0 saturated carbocycles. The van der Waals surface area contributed by atoms with E-state index in [1.54, 1.807) is 0 Å². The first-order valence-corrected chi connectivity index (χ1v) is 8.05. The molecular weight excluding hydrogens is 366 g/mol. The third-order valence-corrected chi connectivity index (χ3v) is 3.70. The number of nitrogens with zero attached hydrogens (tertiary/aromatic N) is 1. The first-order chi connectivity index (χ1) is 12.6. The molecule has 0 spiro atoms. The van der Waals surface area contributed by atoms with Crippen LogP contribution in [-0.2, 0) is 42.9 Å². The van der Waals surface area contributed by atoms with Crippen LogP contribution in [0.25, 0.3) is 0 Å². The van der Waals surface area contributed by atoms with E-state index in [1.165, 1.54) is 0 Å². The zero-order valence-electron chi connectivity index (χ0n) is 15.8. The maximum atomic E-state index is 12.3. The Hall–Kier alpha value is -2.85. The molecule has 27 heavy (non-hydrogen) atoms. The molecule has 0 aliphatic carbocycles. The van der Waals surface area contributed by atoms with Gasteiger partial charge in [0.15, 0.2) is 12.2 Å². The highest BCUT2D eigenvalue weighted by molar-refractivity contribution is 5.72. The van der Waals surface area contributed by atoms with Crippen molar-refractivity contribution in [2.75, 3.05) is 20.3 Å². The average Bonchev–Trinajstić information content (AvgIpc) is 2.82. The minimum absolute atomic E-state index is 0.350. The van der Waals surface area contributed by atoms with Crippen LogP contribution in [0.1, 0.15) is 27.7 Å². The van der Waals surface area contributed by atoms with Gasteiger partial charge in [0.05, 0.1) is 7.11 Å². The highest BCUT2D eigenvalue weighted by atomic mass is 16.6. The number of likely N-dealkylation sites (tertiary alicyclic amines) is 1. The van der Waals surface area contributed by atoms with Crippen LogP contribution in [0.2, 0.25) is 0 Å². The molecule has 0 unspecified atom stereocenters. The molecule has 1 aliphatic heterocycles. The lowest BCUT2D eigenvalue weighted by atomic mass is 10.1. The molecular formula is C16H23NO10. The number of carbonyl (C=O) groups is 5. The van der Waals surface area contributed by atoms with Gasteiger partial charge in [-0.05, 0) is 0 Å². The van der Waals surface area contributed by atoms with E-state index in [0.29, 0.717) is 0 Å². The van der Waals surface area contributed by atoms with Crippen LogP contribution in [0.4, 0.5) is 4.79 Å². The van der Waals surface area contributed by atoms with E-state index in [-0.39, 0.29) is 13.2 Å². The predicted molar refractivity (Wildman–Crippen MR) is 86.2 cm³/mol. The first kappa shape index (κ1) is 22.2. The van der Waals surface area contributed by atoms with E-state index >= 15 is 0 Å². The smallest absolute Gasteiger partial charge is 0.410 e. The van der Waals surface area contributed by atoms with Gasteiger partial charge in [-0.25, -0.2) is 4.79 Å². The zero-order valence-corrected chi connectivity index (χ0v) is 15.8. The first-order valence-electron chi connectivity index (χ1n) is 8.05. The number of carbonyl (C=O) groups excluding carboxylic acids is 5. The molecule has 11 nitrogen and oxygen atoms in total. The van der Waals surface area contributed by atoms with E-state index in [1.807, 2.05) is 0 Å². The monoisotopic (exact) mass is 389 g/mol. The quantitative estimate of drug-likeness (QED) is 0.444. The normalized spacial score (nSPS) is 24.0. The topological polar surface area (TPSA) is 135 Å². The molecule has 0 N–H and O–H groups in total. The molecule has 0 aromatic heterocycles. The van der Waals surface area contributed by atoms with Crippen molar-refractivity contribution in [1.82, 2.24) is 4.90 Å². The third kappa shape index (κ3) is 6.12. The lowest BCUT2D eigenvalue weighted by Gasteiger charge is -2.28. The molecule has 1 rings (SSSR count). The van der Waals surface area contributed by atoms with Crippen molar-refractivity contribution in [3.05, 3.63) is 0 Å². The second-order valence-corrected chi connectivity index (χ2v) is 5.77. The number of methoxy groups -OCH3 is 1. The number of hydrogen-bond acceptors (Lipinski definition) is 10. The molecule has 4 atom stereocenters. The lowest BCUT2D eigenvalue weighted by molar-refractivity contribution is -0.166. The van der Waals surface area contributed by atoms with Crippen LogP contribution in [0.15, 0.2) is 0 Å². The van der Waals surface area contributed by atoms with E-state index in [0.717, 1.165) is 39.7 Å². The van der Waals surface area contributed by atoms with Crippen molar-refractivity contribution in [3.8, 4) is 0 Å². The maximum absolute atomic E-state index is 12.3. The summed E-state index contributed by atoms with van der Waals surface area (Å²) in [7, 11) is 1.12. The standard InChI is InChI=1S/C16H23NO10/c1-8(18)24-6-12-14(26-10(3)20)15(27-11(4)21)13(7-25-9(2)19)17(12)16(22)23-5/h12-15H,6-7H2,1-5H3/t12-,13-,14-,15-/m1/s1. The van der Waals surface area contributed by atoms with Gasteiger partial charge in [-0.2, -0.15) is 0 Å². The van der Waals surface area contributed by atoms with Crippen LogP contribution in [0.3, 0.4) is 0 Å². The SMILES string of the molecule is COC(=O)N1[C@H](COC(C)=O)[C@@H](OC(C)=O)[C@H](OC(C)=O)[C@H]1COC(C)=O.